The summed E-state index contributed by atoms with van der Waals surface area (Å²) in [5.74, 6) is 5.46. The SMILES string of the molecule is CCn1nc(C)cc1C(=O)Nc1cc(C#CCO)ccn1. The first-order valence-electron chi connectivity index (χ1n) is 6.55. The molecule has 2 N–H and O–H groups in total. The zero-order chi connectivity index (χ0) is 15.2. The Hall–Kier alpha value is -2.65. The van der Waals surface area contributed by atoms with Gasteiger partial charge >= 0.3 is 0 Å². The highest BCUT2D eigenvalue weighted by molar-refractivity contribution is 6.02. The van der Waals surface area contributed by atoms with Gasteiger partial charge in [0, 0.05) is 18.3 Å². The van der Waals surface area contributed by atoms with E-state index < -0.39 is 0 Å². The van der Waals surface area contributed by atoms with Gasteiger partial charge in [-0.05, 0) is 32.0 Å². The molecule has 0 spiro atoms. The van der Waals surface area contributed by atoms with Gasteiger partial charge in [-0.25, -0.2) is 4.98 Å². The van der Waals surface area contributed by atoms with Gasteiger partial charge < -0.3 is 10.4 Å². The van der Waals surface area contributed by atoms with Gasteiger partial charge in [0.1, 0.15) is 18.1 Å². The average Bonchev–Trinajstić information content (AvgIpc) is 2.87. The number of nitrogens with zero attached hydrogens (tertiary/aromatic N) is 3. The largest absolute Gasteiger partial charge is 0.384 e. The number of carbonyl (C=O) groups is 1. The van der Waals surface area contributed by atoms with Crippen LogP contribution >= 0.6 is 0 Å². The number of pyridine rings is 1. The smallest absolute Gasteiger partial charge is 0.275 e. The quantitative estimate of drug-likeness (QED) is 0.830. The lowest BCUT2D eigenvalue weighted by Crippen LogP contribution is -2.18. The van der Waals surface area contributed by atoms with E-state index in [-0.39, 0.29) is 12.5 Å². The standard InChI is InChI=1S/C15H16N4O2/c1-3-19-13(9-11(2)18-19)15(21)17-14-10-12(5-4-8-20)6-7-16-14/h6-7,9-10,20H,3,8H2,1-2H3,(H,16,17,21). The topological polar surface area (TPSA) is 80.0 Å². The maximum atomic E-state index is 12.2. The molecule has 0 radical (unpaired) electrons. The molecule has 0 bridgehead atoms. The molecular weight excluding hydrogens is 268 g/mol. The fourth-order valence-electron chi connectivity index (χ4n) is 1.87. The third-order valence-corrected chi connectivity index (χ3v) is 2.75. The van der Waals surface area contributed by atoms with Gasteiger partial charge in [-0.1, -0.05) is 11.8 Å². The lowest BCUT2D eigenvalue weighted by molar-refractivity contribution is 0.101. The molecular formula is C15H16N4O2. The van der Waals surface area contributed by atoms with E-state index in [2.05, 4.69) is 27.2 Å². The molecule has 0 aliphatic rings. The first-order valence-corrected chi connectivity index (χ1v) is 6.55. The fraction of sp³-hybridized carbons (Fsp3) is 0.267. The molecule has 21 heavy (non-hydrogen) atoms. The number of aliphatic hydroxyl groups excluding tert-OH is 1. The number of anilines is 1. The summed E-state index contributed by atoms with van der Waals surface area (Å²) < 4.78 is 1.64. The van der Waals surface area contributed by atoms with Crippen LogP contribution in [0.4, 0.5) is 5.82 Å². The van der Waals surface area contributed by atoms with Crippen LogP contribution in [0.25, 0.3) is 0 Å². The van der Waals surface area contributed by atoms with Crippen LogP contribution in [0.5, 0.6) is 0 Å². The number of aliphatic hydroxyl groups is 1. The summed E-state index contributed by atoms with van der Waals surface area (Å²) in [7, 11) is 0. The molecule has 2 aromatic heterocycles. The van der Waals surface area contributed by atoms with E-state index in [1.807, 2.05) is 13.8 Å². The minimum atomic E-state index is -0.266. The number of carbonyl (C=O) groups excluding carboxylic acids is 1. The molecule has 0 saturated carbocycles. The molecule has 0 atom stereocenters. The molecule has 2 rings (SSSR count). The average molecular weight is 284 g/mol. The molecule has 6 nitrogen and oxygen atoms in total. The molecule has 0 aromatic carbocycles. The Morgan fingerprint density at radius 2 is 2.29 bits per heavy atom. The lowest BCUT2D eigenvalue weighted by Gasteiger charge is -2.06. The van der Waals surface area contributed by atoms with Crippen molar-refractivity contribution in [3.05, 3.63) is 41.3 Å². The second-order valence-corrected chi connectivity index (χ2v) is 4.33. The van der Waals surface area contributed by atoms with E-state index in [1.165, 1.54) is 0 Å². The molecule has 1 amide bonds. The molecule has 2 aromatic rings. The Morgan fingerprint density at radius 3 is 3.00 bits per heavy atom. The van der Waals surface area contributed by atoms with Crippen molar-refractivity contribution in [3.63, 3.8) is 0 Å². The molecule has 0 aliphatic carbocycles. The van der Waals surface area contributed by atoms with Gasteiger partial charge in [-0.2, -0.15) is 5.10 Å². The Morgan fingerprint density at radius 1 is 1.48 bits per heavy atom. The Bertz CT molecular complexity index is 710. The maximum Gasteiger partial charge on any atom is 0.275 e. The Labute approximate surface area is 122 Å². The van der Waals surface area contributed by atoms with Crippen LogP contribution in [0.1, 0.15) is 28.7 Å². The van der Waals surface area contributed by atoms with Crippen molar-refractivity contribution in [1.29, 1.82) is 0 Å². The van der Waals surface area contributed by atoms with E-state index in [1.54, 1.807) is 29.1 Å². The molecule has 0 unspecified atom stereocenters. The molecule has 0 aliphatic heterocycles. The molecule has 108 valence electrons. The zero-order valence-electron chi connectivity index (χ0n) is 11.9. The summed E-state index contributed by atoms with van der Waals surface area (Å²) >= 11 is 0. The van der Waals surface area contributed by atoms with Gasteiger partial charge in [0.05, 0.1) is 5.69 Å². The summed E-state index contributed by atoms with van der Waals surface area (Å²) in [5.41, 5.74) is 1.95. The van der Waals surface area contributed by atoms with Crippen LogP contribution in [0.2, 0.25) is 0 Å². The highest BCUT2D eigenvalue weighted by atomic mass is 16.2. The monoisotopic (exact) mass is 284 g/mol. The summed E-state index contributed by atoms with van der Waals surface area (Å²) in [4.78, 5) is 16.3. The minimum absolute atomic E-state index is 0.209. The van der Waals surface area contributed by atoms with Crippen LogP contribution < -0.4 is 5.32 Å². The summed E-state index contributed by atoms with van der Waals surface area (Å²) in [5, 5.41) is 15.6. The maximum absolute atomic E-state index is 12.2. The van der Waals surface area contributed by atoms with Crippen LogP contribution in [-0.2, 0) is 6.54 Å². The molecule has 0 saturated heterocycles. The first kappa shape index (κ1) is 14.8. The summed E-state index contributed by atoms with van der Waals surface area (Å²) in [6, 6.07) is 5.09. The van der Waals surface area contributed by atoms with Crippen molar-refractivity contribution in [2.24, 2.45) is 0 Å². The first-order chi connectivity index (χ1) is 10.1. The number of hydrogen-bond acceptors (Lipinski definition) is 4. The van der Waals surface area contributed by atoms with Crippen molar-refractivity contribution in [2.45, 2.75) is 20.4 Å². The van der Waals surface area contributed by atoms with Gasteiger partial charge in [0.15, 0.2) is 0 Å². The lowest BCUT2D eigenvalue weighted by atomic mass is 10.2. The summed E-state index contributed by atoms with van der Waals surface area (Å²) in [6.07, 6.45) is 1.55. The van der Waals surface area contributed by atoms with Gasteiger partial charge in [0.25, 0.3) is 5.91 Å². The number of rotatable bonds is 3. The third-order valence-electron chi connectivity index (χ3n) is 2.75. The second kappa shape index (κ2) is 6.68. The number of aromatic nitrogens is 3. The second-order valence-electron chi connectivity index (χ2n) is 4.33. The van der Waals surface area contributed by atoms with Gasteiger partial charge in [-0.3, -0.25) is 9.48 Å². The molecule has 6 heteroatoms. The minimum Gasteiger partial charge on any atom is -0.384 e. The number of hydrogen-bond donors (Lipinski definition) is 2. The van der Waals surface area contributed by atoms with Gasteiger partial charge in [0.2, 0.25) is 0 Å². The van der Waals surface area contributed by atoms with Crippen molar-refractivity contribution >= 4 is 11.7 Å². The van der Waals surface area contributed by atoms with E-state index in [0.29, 0.717) is 23.6 Å². The van der Waals surface area contributed by atoms with Crippen molar-refractivity contribution in [2.75, 3.05) is 11.9 Å². The number of nitrogens with one attached hydrogen (secondary N) is 1. The van der Waals surface area contributed by atoms with Crippen molar-refractivity contribution in [3.8, 4) is 11.8 Å². The van der Waals surface area contributed by atoms with Crippen LogP contribution in [-0.4, -0.2) is 32.4 Å². The third kappa shape index (κ3) is 3.68. The molecule has 2 heterocycles. The van der Waals surface area contributed by atoms with E-state index in [4.69, 9.17) is 5.11 Å². The van der Waals surface area contributed by atoms with Crippen LogP contribution in [0.3, 0.4) is 0 Å². The Kier molecular flexibility index (Phi) is 4.69. The predicted octanol–water partition coefficient (Wildman–Crippen LogP) is 1.20. The van der Waals surface area contributed by atoms with E-state index in [0.717, 1.165) is 5.69 Å². The zero-order valence-corrected chi connectivity index (χ0v) is 11.9. The van der Waals surface area contributed by atoms with E-state index in [9.17, 15) is 4.79 Å². The van der Waals surface area contributed by atoms with Crippen LogP contribution in [0, 0.1) is 18.8 Å². The van der Waals surface area contributed by atoms with Crippen LogP contribution in [0.15, 0.2) is 24.4 Å². The number of amides is 1. The summed E-state index contributed by atoms with van der Waals surface area (Å²) in [6.45, 7) is 4.17. The predicted molar refractivity (Wildman–Crippen MR) is 78.8 cm³/mol. The normalized spacial score (nSPS) is 9.86. The fourth-order valence-corrected chi connectivity index (χ4v) is 1.87. The van der Waals surface area contributed by atoms with Crippen molar-refractivity contribution in [1.82, 2.24) is 14.8 Å². The molecule has 0 fully saturated rings. The van der Waals surface area contributed by atoms with E-state index >= 15 is 0 Å². The van der Waals surface area contributed by atoms with Crippen molar-refractivity contribution < 1.29 is 9.90 Å². The number of aryl methyl sites for hydroxylation is 2. The highest BCUT2D eigenvalue weighted by Gasteiger charge is 2.13. The Balaban J connectivity index is 2.19. The van der Waals surface area contributed by atoms with Gasteiger partial charge in [-0.15, -0.1) is 0 Å². The highest BCUT2D eigenvalue weighted by Crippen LogP contribution is 2.10.